The lowest BCUT2D eigenvalue weighted by Crippen LogP contribution is -2.46. The fourth-order valence-corrected chi connectivity index (χ4v) is 5.56. The number of halogens is 2. The molecule has 9 heteroatoms. The Bertz CT molecular complexity index is 1410. The number of rotatable bonds is 7. The molecule has 3 aromatic rings. The Morgan fingerprint density at radius 2 is 1.50 bits per heavy atom. The maximum absolute atomic E-state index is 14.2. The summed E-state index contributed by atoms with van der Waals surface area (Å²) in [5, 5.41) is 18.1. The molecule has 40 heavy (non-hydrogen) atoms. The summed E-state index contributed by atoms with van der Waals surface area (Å²) in [6, 6.07) is 9.48. The van der Waals surface area contributed by atoms with Gasteiger partial charge in [-0.1, -0.05) is 49.1 Å². The summed E-state index contributed by atoms with van der Waals surface area (Å²) in [7, 11) is 0. The highest BCUT2D eigenvalue weighted by Gasteiger charge is 2.32. The molecule has 210 valence electrons. The molecule has 0 aliphatic heterocycles. The number of carbonyl (C=O) groups excluding carboxylic acids is 2. The highest BCUT2D eigenvalue weighted by atomic mass is 19.1. The standard InChI is InChI=1S/C31H33F2N3O4/c1-17-12-18(2)27(19(3)13-17)36-31(40)34-25-11-7-10-24(21-14-22(32)16-23(33)15-21)26(25)29(37)35-28(30(38)39)20-8-5-4-6-9-20/h7,10-16,20,28H,4-6,8-9H2,1-3H3,(H,35,37)(H,38,39)(H2,34,36,40). The number of aliphatic carboxylic acids is 1. The molecule has 1 unspecified atom stereocenters. The number of anilines is 2. The van der Waals surface area contributed by atoms with Gasteiger partial charge in [0.25, 0.3) is 5.91 Å². The van der Waals surface area contributed by atoms with Gasteiger partial charge in [-0.2, -0.15) is 0 Å². The third-order valence-corrected chi connectivity index (χ3v) is 7.30. The van der Waals surface area contributed by atoms with Crippen molar-refractivity contribution >= 4 is 29.3 Å². The van der Waals surface area contributed by atoms with Gasteiger partial charge in [0.2, 0.25) is 0 Å². The van der Waals surface area contributed by atoms with Gasteiger partial charge < -0.3 is 21.1 Å². The largest absolute Gasteiger partial charge is 0.480 e. The fourth-order valence-electron chi connectivity index (χ4n) is 5.56. The van der Waals surface area contributed by atoms with E-state index in [4.69, 9.17) is 0 Å². The number of benzene rings is 3. The maximum atomic E-state index is 14.2. The zero-order valence-corrected chi connectivity index (χ0v) is 22.7. The normalized spacial score (nSPS) is 14.3. The van der Waals surface area contributed by atoms with Crippen LogP contribution in [0.3, 0.4) is 0 Å². The van der Waals surface area contributed by atoms with Gasteiger partial charge in [0.1, 0.15) is 17.7 Å². The number of hydrogen-bond acceptors (Lipinski definition) is 3. The van der Waals surface area contributed by atoms with E-state index in [9.17, 15) is 28.3 Å². The molecule has 3 amide bonds. The van der Waals surface area contributed by atoms with Crippen LogP contribution < -0.4 is 16.0 Å². The van der Waals surface area contributed by atoms with Crippen LogP contribution in [0.5, 0.6) is 0 Å². The summed E-state index contributed by atoms with van der Waals surface area (Å²) in [6.07, 6.45) is 4.07. The number of aryl methyl sites for hydroxylation is 3. The Morgan fingerprint density at radius 1 is 0.875 bits per heavy atom. The molecule has 3 aromatic carbocycles. The Balaban J connectivity index is 1.73. The van der Waals surface area contributed by atoms with E-state index in [1.807, 2.05) is 32.9 Å². The fraction of sp³-hybridized carbons (Fsp3) is 0.323. The van der Waals surface area contributed by atoms with Crippen molar-refractivity contribution < 1.29 is 28.3 Å². The number of carbonyl (C=O) groups is 3. The molecule has 0 radical (unpaired) electrons. The highest BCUT2D eigenvalue weighted by Crippen LogP contribution is 2.32. The number of amides is 3. The zero-order chi connectivity index (χ0) is 29.0. The van der Waals surface area contributed by atoms with E-state index in [1.165, 1.54) is 12.1 Å². The van der Waals surface area contributed by atoms with Gasteiger partial charge in [-0.05, 0) is 80.0 Å². The van der Waals surface area contributed by atoms with Crippen molar-refractivity contribution in [2.24, 2.45) is 5.92 Å². The smallest absolute Gasteiger partial charge is 0.326 e. The lowest BCUT2D eigenvalue weighted by atomic mass is 9.83. The van der Waals surface area contributed by atoms with Crippen molar-refractivity contribution in [3.05, 3.63) is 82.4 Å². The van der Waals surface area contributed by atoms with Crippen molar-refractivity contribution in [2.45, 2.75) is 58.9 Å². The van der Waals surface area contributed by atoms with E-state index in [0.29, 0.717) is 24.6 Å². The predicted molar refractivity (Wildman–Crippen MR) is 151 cm³/mol. The van der Waals surface area contributed by atoms with Gasteiger partial charge in [0, 0.05) is 11.8 Å². The van der Waals surface area contributed by atoms with E-state index in [2.05, 4.69) is 16.0 Å². The lowest BCUT2D eigenvalue weighted by molar-refractivity contribution is -0.141. The second kappa shape index (κ2) is 12.3. The Kier molecular flexibility index (Phi) is 8.82. The molecule has 1 saturated carbocycles. The molecular formula is C31H33F2N3O4. The van der Waals surface area contributed by atoms with Crippen molar-refractivity contribution in [3.63, 3.8) is 0 Å². The van der Waals surface area contributed by atoms with Gasteiger partial charge in [0.05, 0.1) is 11.3 Å². The number of carboxylic acids is 1. The zero-order valence-electron chi connectivity index (χ0n) is 22.7. The molecular weight excluding hydrogens is 516 g/mol. The van der Waals surface area contributed by atoms with Crippen molar-refractivity contribution in [1.82, 2.24) is 5.32 Å². The molecule has 0 heterocycles. The van der Waals surface area contributed by atoms with Gasteiger partial charge in [0.15, 0.2) is 0 Å². The lowest BCUT2D eigenvalue weighted by Gasteiger charge is -2.28. The summed E-state index contributed by atoms with van der Waals surface area (Å²) in [6.45, 7) is 5.68. The first-order chi connectivity index (χ1) is 19.0. The summed E-state index contributed by atoms with van der Waals surface area (Å²) in [4.78, 5) is 39.0. The Morgan fingerprint density at radius 3 is 2.10 bits per heavy atom. The van der Waals surface area contributed by atoms with Crippen LogP contribution in [-0.4, -0.2) is 29.1 Å². The number of nitrogens with one attached hydrogen (secondary N) is 3. The quantitative estimate of drug-likeness (QED) is 0.255. The van der Waals surface area contributed by atoms with E-state index >= 15 is 0 Å². The summed E-state index contributed by atoms with van der Waals surface area (Å²) < 4.78 is 28.3. The molecule has 1 atom stereocenters. The monoisotopic (exact) mass is 549 g/mol. The summed E-state index contributed by atoms with van der Waals surface area (Å²) in [5.41, 5.74) is 3.54. The minimum Gasteiger partial charge on any atom is -0.480 e. The van der Waals surface area contributed by atoms with Crippen molar-refractivity contribution in [2.75, 3.05) is 10.6 Å². The third-order valence-electron chi connectivity index (χ3n) is 7.30. The second-order valence-corrected chi connectivity index (χ2v) is 10.4. The van der Waals surface area contributed by atoms with Crippen LogP contribution >= 0.6 is 0 Å². The second-order valence-electron chi connectivity index (χ2n) is 10.4. The number of carboxylic acid groups (broad SMARTS) is 1. The van der Waals surface area contributed by atoms with E-state index in [-0.39, 0.29) is 28.3 Å². The average Bonchev–Trinajstić information content (AvgIpc) is 2.89. The van der Waals surface area contributed by atoms with E-state index in [1.54, 1.807) is 6.07 Å². The Hall–Kier alpha value is -4.27. The van der Waals surface area contributed by atoms with Gasteiger partial charge in [-0.15, -0.1) is 0 Å². The third kappa shape index (κ3) is 6.65. The SMILES string of the molecule is Cc1cc(C)c(NC(=O)Nc2cccc(-c3cc(F)cc(F)c3)c2C(=O)NC(C(=O)O)C2CCCCC2)c(C)c1. The molecule has 0 aromatic heterocycles. The van der Waals surface area contributed by atoms with E-state index < -0.39 is 35.6 Å². The minimum atomic E-state index is -1.16. The number of hydrogen-bond donors (Lipinski definition) is 4. The molecule has 1 aliphatic carbocycles. The van der Waals surface area contributed by atoms with Crippen LogP contribution in [0.25, 0.3) is 11.1 Å². The van der Waals surface area contributed by atoms with Crippen LogP contribution in [0, 0.1) is 38.3 Å². The average molecular weight is 550 g/mol. The highest BCUT2D eigenvalue weighted by molar-refractivity contribution is 6.11. The van der Waals surface area contributed by atoms with Crippen molar-refractivity contribution in [3.8, 4) is 11.1 Å². The predicted octanol–water partition coefficient (Wildman–Crippen LogP) is 6.96. The van der Waals surface area contributed by atoms with E-state index in [0.717, 1.165) is 48.1 Å². The van der Waals surface area contributed by atoms with Crippen LogP contribution in [0.15, 0.2) is 48.5 Å². The molecule has 4 N–H and O–H groups in total. The first-order valence-electron chi connectivity index (χ1n) is 13.3. The van der Waals surface area contributed by atoms with Crippen LogP contribution in [0.4, 0.5) is 25.0 Å². The Labute approximate surface area is 232 Å². The van der Waals surface area contributed by atoms with Crippen molar-refractivity contribution in [1.29, 1.82) is 0 Å². The van der Waals surface area contributed by atoms with Gasteiger partial charge >= 0.3 is 12.0 Å². The molecule has 0 bridgehead atoms. The first-order valence-corrected chi connectivity index (χ1v) is 13.3. The summed E-state index contributed by atoms with van der Waals surface area (Å²) >= 11 is 0. The molecule has 4 rings (SSSR count). The van der Waals surface area contributed by atoms with Crippen LogP contribution in [-0.2, 0) is 4.79 Å². The molecule has 1 aliphatic rings. The van der Waals surface area contributed by atoms with Gasteiger partial charge in [-0.3, -0.25) is 4.79 Å². The molecule has 0 saturated heterocycles. The molecule has 1 fully saturated rings. The van der Waals surface area contributed by atoms with Crippen LogP contribution in [0.1, 0.15) is 59.2 Å². The number of urea groups is 1. The first kappa shape index (κ1) is 28.7. The minimum absolute atomic E-state index is 0.0624. The van der Waals surface area contributed by atoms with Gasteiger partial charge in [-0.25, -0.2) is 18.4 Å². The topological polar surface area (TPSA) is 108 Å². The molecule has 0 spiro atoms. The molecule has 7 nitrogen and oxygen atoms in total. The summed E-state index contributed by atoms with van der Waals surface area (Å²) in [5.74, 6) is -3.86. The van der Waals surface area contributed by atoms with Crippen LogP contribution in [0.2, 0.25) is 0 Å². The maximum Gasteiger partial charge on any atom is 0.326 e.